The Morgan fingerprint density at radius 3 is 2.83 bits per heavy atom. The monoisotopic (exact) mass is 247 g/mol. The van der Waals surface area contributed by atoms with Crippen LogP contribution in [0.15, 0.2) is 12.1 Å². The molecule has 2 N–H and O–H groups in total. The van der Waals surface area contributed by atoms with Gasteiger partial charge < -0.3 is 10.6 Å². The molecule has 1 aromatic heterocycles. The van der Waals surface area contributed by atoms with E-state index < -0.39 is 0 Å². The molecule has 0 saturated carbocycles. The van der Waals surface area contributed by atoms with Crippen LogP contribution >= 0.6 is 0 Å². The number of carbonyl (C=O) groups excluding carboxylic acids is 2. The Bertz CT molecular complexity index is 475. The van der Waals surface area contributed by atoms with Gasteiger partial charge >= 0.3 is 0 Å². The maximum atomic E-state index is 12.0. The largest absolute Gasteiger partial charge is 0.355 e. The van der Waals surface area contributed by atoms with Gasteiger partial charge in [-0.05, 0) is 32.4 Å². The summed E-state index contributed by atoms with van der Waals surface area (Å²) < 4.78 is 0. The van der Waals surface area contributed by atoms with Crippen LogP contribution in [0.3, 0.4) is 0 Å². The highest BCUT2D eigenvalue weighted by atomic mass is 16.2. The quantitative estimate of drug-likeness (QED) is 0.824. The topological polar surface area (TPSA) is 71.1 Å². The Hall–Kier alpha value is -1.91. The lowest BCUT2D eigenvalue weighted by Crippen LogP contribution is -2.40. The highest BCUT2D eigenvalue weighted by Gasteiger charge is 2.24. The van der Waals surface area contributed by atoms with Crippen LogP contribution in [0.25, 0.3) is 0 Å². The van der Waals surface area contributed by atoms with Crippen molar-refractivity contribution in [3.8, 4) is 0 Å². The van der Waals surface area contributed by atoms with E-state index in [1.54, 1.807) is 0 Å². The molecular formula is C13H17N3O2. The minimum absolute atomic E-state index is 0.0206. The Labute approximate surface area is 106 Å². The lowest BCUT2D eigenvalue weighted by molar-refractivity contribution is -0.126. The summed E-state index contributed by atoms with van der Waals surface area (Å²) >= 11 is 0. The van der Waals surface area contributed by atoms with Gasteiger partial charge in [0.15, 0.2) is 0 Å². The van der Waals surface area contributed by atoms with Crippen LogP contribution in [-0.4, -0.2) is 23.3 Å². The Morgan fingerprint density at radius 1 is 1.44 bits per heavy atom. The highest BCUT2D eigenvalue weighted by molar-refractivity contribution is 5.94. The lowest BCUT2D eigenvalue weighted by atomic mass is 9.98. The third-order valence-corrected chi connectivity index (χ3v) is 3.12. The second-order valence-corrected chi connectivity index (χ2v) is 4.61. The Morgan fingerprint density at radius 2 is 2.22 bits per heavy atom. The fourth-order valence-electron chi connectivity index (χ4n) is 2.01. The van der Waals surface area contributed by atoms with Crippen molar-refractivity contribution in [1.29, 1.82) is 0 Å². The smallest absolute Gasteiger partial charge is 0.229 e. The average molecular weight is 247 g/mol. The first-order valence-corrected chi connectivity index (χ1v) is 6.08. The summed E-state index contributed by atoms with van der Waals surface area (Å²) in [4.78, 5) is 27.3. The van der Waals surface area contributed by atoms with Gasteiger partial charge in [0.1, 0.15) is 0 Å². The minimum atomic E-state index is -0.150. The number of anilines is 1. The molecule has 2 amide bonds. The first-order chi connectivity index (χ1) is 8.56. The van der Waals surface area contributed by atoms with Crippen LogP contribution in [0.2, 0.25) is 0 Å². The van der Waals surface area contributed by atoms with Gasteiger partial charge in [0, 0.05) is 18.7 Å². The van der Waals surface area contributed by atoms with Gasteiger partial charge in [0.05, 0.1) is 17.3 Å². The fraction of sp³-hybridized carbons (Fsp3) is 0.462. The molecule has 5 nitrogen and oxygen atoms in total. The van der Waals surface area contributed by atoms with Crippen LogP contribution < -0.4 is 10.6 Å². The number of pyridine rings is 1. The van der Waals surface area contributed by atoms with Crippen molar-refractivity contribution in [1.82, 2.24) is 10.3 Å². The van der Waals surface area contributed by atoms with E-state index in [4.69, 9.17) is 0 Å². The fourth-order valence-corrected chi connectivity index (χ4v) is 2.01. The molecule has 96 valence electrons. The summed E-state index contributed by atoms with van der Waals surface area (Å²) in [6, 6.07) is 3.72. The number of aromatic nitrogens is 1. The molecule has 18 heavy (non-hydrogen) atoms. The van der Waals surface area contributed by atoms with Crippen LogP contribution in [0.1, 0.15) is 24.2 Å². The highest BCUT2D eigenvalue weighted by Crippen LogP contribution is 2.17. The zero-order chi connectivity index (χ0) is 13.1. The Kier molecular flexibility index (Phi) is 3.60. The molecule has 0 spiro atoms. The van der Waals surface area contributed by atoms with Crippen LogP contribution in [0, 0.1) is 19.8 Å². The normalized spacial score (nSPS) is 19.2. The van der Waals surface area contributed by atoms with Crippen molar-refractivity contribution in [2.24, 2.45) is 5.92 Å². The maximum absolute atomic E-state index is 12.0. The molecule has 2 heterocycles. The zero-order valence-electron chi connectivity index (χ0n) is 10.6. The third-order valence-electron chi connectivity index (χ3n) is 3.12. The van der Waals surface area contributed by atoms with Gasteiger partial charge in [0.25, 0.3) is 0 Å². The number of hydrogen-bond donors (Lipinski definition) is 2. The summed E-state index contributed by atoms with van der Waals surface area (Å²) in [5.41, 5.74) is 2.47. The molecule has 0 aromatic carbocycles. The molecule has 0 aliphatic carbocycles. The summed E-state index contributed by atoms with van der Waals surface area (Å²) in [5.74, 6) is -0.181. The second kappa shape index (κ2) is 5.16. The number of carbonyl (C=O) groups is 2. The molecule has 1 aromatic rings. The van der Waals surface area contributed by atoms with E-state index in [1.807, 2.05) is 26.0 Å². The number of piperidine rings is 1. The van der Waals surface area contributed by atoms with E-state index >= 15 is 0 Å². The first-order valence-electron chi connectivity index (χ1n) is 6.08. The number of nitrogens with zero attached hydrogens (tertiary/aromatic N) is 1. The van der Waals surface area contributed by atoms with Gasteiger partial charge in [0.2, 0.25) is 11.8 Å². The summed E-state index contributed by atoms with van der Waals surface area (Å²) in [6.45, 7) is 4.20. The number of hydrogen-bond acceptors (Lipinski definition) is 3. The first kappa shape index (κ1) is 12.5. The van der Waals surface area contributed by atoms with Gasteiger partial charge in [-0.1, -0.05) is 0 Å². The zero-order valence-corrected chi connectivity index (χ0v) is 10.6. The average Bonchev–Trinajstić information content (AvgIpc) is 2.33. The van der Waals surface area contributed by atoms with E-state index in [0.717, 1.165) is 17.1 Å². The summed E-state index contributed by atoms with van der Waals surface area (Å²) in [5, 5.41) is 5.58. The van der Waals surface area contributed by atoms with Gasteiger partial charge in [-0.2, -0.15) is 0 Å². The number of nitrogens with one attached hydrogen (secondary N) is 2. The molecule has 2 rings (SSSR count). The molecule has 1 unspecified atom stereocenters. The third kappa shape index (κ3) is 2.85. The van der Waals surface area contributed by atoms with Crippen molar-refractivity contribution >= 4 is 17.5 Å². The van der Waals surface area contributed by atoms with E-state index in [9.17, 15) is 9.59 Å². The minimum Gasteiger partial charge on any atom is -0.355 e. The van der Waals surface area contributed by atoms with Crippen LogP contribution in [0.4, 0.5) is 5.69 Å². The van der Waals surface area contributed by atoms with Gasteiger partial charge in [-0.15, -0.1) is 0 Å². The van der Waals surface area contributed by atoms with Crippen molar-refractivity contribution < 1.29 is 9.59 Å². The van der Waals surface area contributed by atoms with E-state index in [-0.39, 0.29) is 17.7 Å². The van der Waals surface area contributed by atoms with E-state index in [0.29, 0.717) is 19.4 Å². The maximum Gasteiger partial charge on any atom is 0.229 e. The van der Waals surface area contributed by atoms with Gasteiger partial charge in [-0.3, -0.25) is 14.6 Å². The second-order valence-electron chi connectivity index (χ2n) is 4.61. The predicted molar refractivity (Wildman–Crippen MR) is 68.1 cm³/mol. The number of amides is 2. The SMILES string of the molecule is Cc1ccc(NC(=O)C2CCC(=O)NC2)c(C)n1. The standard InChI is InChI=1S/C13H17N3O2/c1-8-3-5-11(9(2)15-8)16-13(18)10-4-6-12(17)14-7-10/h3,5,10H,4,6-7H2,1-2H3,(H,14,17)(H,16,18). The molecule has 5 heteroatoms. The lowest BCUT2D eigenvalue weighted by Gasteiger charge is -2.21. The Balaban J connectivity index is 2.00. The summed E-state index contributed by atoms with van der Waals surface area (Å²) in [6.07, 6.45) is 1.03. The van der Waals surface area contributed by atoms with E-state index in [2.05, 4.69) is 15.6 Å². The van der Waals surface area contributed by atoms with Crippen molar-refractivity contribution in [2.45, 2.75) is 26.7 Å². The van der Waals surface area contributed by atoms with Crippen molar-refractivity contribution in [3.63, 3.8) is 0 Å². The van der Waals surface area contributed by atoms with Crippen molar-refractivity contribution in [3.05, 3.63) is 23.5 Å². The molecule has 1 atom stereocenters. The van der Waals surface area contributed by atoms with Crippen LogP contribution in [-0.2, 0) is 9.59 Å². The predicted octanol–water partition coefficient (Wildman–Crippen LogP) is 1.16. The molecule has 1 aliphatic heterocycles. The molecule has 0 radical (unpaired) electrons. The number of rotatable bonds is 2. The molecular weight excluding hydrogens is 230 g/mol. The van der Waals surface area contributed by atoms with Crippen molar-refractivity contribution in [2.75, 3.05) is 11.9 Å². The van der Waals surface area contributed by atoms with E-state index in [1.165, 1.54) is 0 Å². The molecule has 0 bridgehead atoms. The molecule has 1 saturated heterocycles. The van der Waals surface area contributed by atoms with Gasteiger partial charge in [-0.25, -0.2) is 0 Å². The summed E-state index contributed by atoms with van der Waals surface area (Å²) in [7, 11) is 0. The molecule has 1 fully saturated rings. The van der Waals surface area contributed by atoms with Crippen LogP contribution in [0.5, 0.6) is 0 Å². The number of aryl methyl sites for hydroxylation is 2. The molecule has 1 aliphatic rings.